The van der Waals surface area contributed by atoms with E-state index in [4.69, 9.17) is 4.74 Å². The Morgan fingerprint density at radius 3 is 3.05 bits per heavy atom. The number of hydrogen-bond acceptors (Lipinski definition) is 4. The Bertz CT molecular complexity index is 566. The maximum atomic E-state index is 5.21. The number of rotatable bonds is 3. The molecule has 1 saturated heterocycles. The topological polar surface area (TPSA) is 42.7 Å². The number of hydrogen-bond donors (Lipinski definition) is 0. The average molecular weight is 260 g/mol. The van der Waals surface area contributed by atoms with Crippen LogP contribution >= 0.6 is 0 Å². The minimum atomic E-state index is 0.586. The number of fused-ring (bicyclic) bond motifs is 1. The first-order chi connectivity index (χ1) is 9.28. The molecule has 3 rings (SSSR count). The summed E-state index contributed by atoms with van der Waals surface area (Å²) in [7, 11) is 3.87. The molecule has 5 nitrogen and oxygen atoms in total. The number of methoxy groups -OCH3 is 1. The summed E-state index contributed by atoms with van der Waals surface area (Å²) in [5.41, 5.74) is 0.854. The van der Waals surface area contributed by atoms with Gasteiger partial charge in [-0.1, -0.05) is 6.42 Å². The van der Waals surface area contributed by atoms with Crippen molar-refractivity contribution in [2.75, 3.05) is 20.7 Å². The lowest BCUT2D eigenvalue weighted by Gasteiger charge is -2.31. The lowest BCUT2D eigenvalue weighted by molar-refractivity contribution is 0.182. The first kappa shape index (κ1) is 12.4. The largest absolute Gasteiger partial charge is 0.497 e. The van der Waals surface area contributed by atoms with Gasteiger partial charge < -0.3 is 9.64 Å². The van der Waals surface area contributed by atoms with Crippen molar-refractivity contribution in [3.8, 4) is 5.75 Å². The minimum absolute atomic E-state index is 0.586. The van der Waals surface area contributed by atoms with E-state index in [-0.39, 0.29) is 0 Å². The van der Waals surface area contributed by atoms with Crippen LogP contribution in [0.15, 0.2) is 18.3 Å². The Hall–Kier alpha value is -1.62. The van der Waals surface area contributed by atoms with Gasteiger partial charge in [0.15, 0.2) is 5.65 Å². The third kappa shape index (κ3) is 2.42. The maximum Gasteiger partial charge on any atom is 0.164 e. The number of pyridine rings is 1. The quantitative estimate of drug-likeness (QED) is 0.843. The maximum absolute atomic E-state index is 5.21. The van der Waals surface area contributed by atoms with Crippen molar-refractivity contribution in [3.05, 3.63) is 24.2 Å². The molecule has 1 aliphatic rings. The second-order valence-electron chi connectivity index (χ2n) is 5.25. The van der Waals surface area contributed by atoms with Gasteiger partial charge in [0, 0.05) is 24.7 Å². The molecular formula is C14H20N4O. The van der Waals surface area contributed by atoms with Crippen LogP contribution in [0.4, 0.5) is 0 Å². The summed E-state index contributed by atoms with van der Waals surface area (Å²) in [4.78, 5) is 2.44. The van der Waals surface area contributed by atoms with Gasteiger partial charge in [-0.05, 0) is 32.5 Å². The monoisotopic (exact) mass is 260 g/mol. The van der Waals surface area contributed by atoms with Crippen LogP contribution in [0.5, 0.6) is 5.75 Å². The SMILES string of the molecule is COc1ccn2c(CC3CCCCN3C)nnc2c1. The van der Waals surface area contributed by atoms with Crippen molar-refractivity contribution in [1.29, 1.82) is 0 Å². The number of likely N-dealkylation sites (N-methyl/N-ethyl adjacent to an activating group) is 1. The number of likely N-dealkylation sites (tertiary alicyclic amines) is 1. The predicted molar refractivity (Wildman–Crippen MR) is 73.5 cm³/mol. The van der Waals surface area contributed by atoms with Crippen molar-refractivity contribution in [2.24, 2.45) is 0 Å². The predicted octanol–water partition coefficient (Wildman–Crippen LogP) is 1.76. The molecule has 19 heavy (non-hydrogen) atoms. The standard InChI is InChI=1S/C14H20N4O/c1-17-7-4-3-5-11(17)9-13-15-16-14-10-12(19-2)6-8-18(13)14/h6,8,10-11H,3-5,7,9H2,1-2H3. The second-order valence-corrected chi connectivity index (χ2v) is 5.25. The summed E-state index contributed by atoms with van der Waals surface area (Å²) in [5, 5.41) is 8.56. The average Bonchev–Trinajstić information content (AvgIpc) is 2.83. The molecule has 0 aliphatic carbocycles. The van der Waals surface area contributed by atoms with Gasteiger partial charge >= 0.3 is 0 Å². The van der Waals surface area contributed by atoms with Crippen LogP contribution in [0.1, 0.15) is 25.1 Å². The molecule has 0 amide bonds. The number of aromatic nitrogens is 3. The van der Waals surface area contributed by atoms with Gasteiger partial charge in [0.25, 0.3) is 0 Å². The lowest BCUT2D eigenvalue weighted by atomic mass is 10.00. The van der Waals surface area contributed by atoms with Crippen molar-refractivity contribution in [1.82, 2.24) is 19.5 Å². The molecule has 0 aromatic carbocycles. The Morgan fingerprint density at radius 2 is 2.26 bits per heavy atom. The third-order valence-corrected chi connectivity index (χ3v) is 4.03. The van der Waals surface area contributed by atoms with Crippen LogP contribution in [0, 0.1) is 0 Å². The van der Waals surface area contributed by atoms with E-state index in [1.807, 2.05) is 18.3 Å². The summed E-state index contributed by atoms with van der Waals surface area (Å²) in [5.74, 6) is 1.86. The van der Waals surface area contributed by atoms with Crippen molar-refractivity contribution in [3.63, 3.8) is 0 Å². The first-order valence-electron chi connectivity index (χ1n) is 6.86. The van der Waals surface area contributed by atoms with Crippen LogP contribution < -0.4 is 4.74 Å². The summed E-state index contributed by atoms with van der Waals surface area (Å²) < 4.78 is 7.27. The normalized spacial score (nSPS) is 20.8. The van der Waals surface area contributed by atoms with E-state index in [0.717, 1.165) is 23.6 Å². The highest BCUT2D eigenvalue weighted by atomic mass is 16.5. The van der Waals surface area contributed by atoms with Crippen LogP contribution in [-0.2, 0) is 6.42 Å². The van der Waals surface area contributed by atoms with Gasteiger partial charge in [-0.15, -0.1) is 10.2 Å². The molecule has 0 saturated carbocycles. The van der Waals surface area contributed by atoms with Crippen LogP contribution in [0.3, 0.4) is 0 Å². The Morgan fingerprint density at radius 1 is 1.37 bits per heavy atom. The molecule has 1 aliphatic heterocycles. The molecule has 0 spiro atoms. The zero-order chi connectivity index (χ0) is 13.2. The molecule has 0 radical (unpaired) electrons. The Labute approximate surface area is 113 Å². The van der Waals surface area contributed by atoms with Gasteiger partial charge in [0.05, 0.1) is 7.11 Å². The molecule has 2 aromatic rings. The van der Waals surface area contributed by atoms with E-state index >= 15 is 0 Å². The fourth-order valence-electron chi connectivity index (χ4n) is 2.80. The highest BCUT2D eigenvalue weighted by molar-refractivity contribution is 5.44. The van der Waals surface area contributed by atoms with Gasteiger partial charge in [-0.3, -0.25) is 4.40 Å². The zero-order valence-corrected chi connectivity index (χ0v) is 11.5. The second kappa shape index (κ2) is 5.17. The van der Waals surface area contributed by atoms with E-state index in [2.05, 4.69) is 26.5 Å². The zero-order valence-electron chi connectivity index (χ0n) is 11.5. The highest BCUT2D eigenvalue weighted by Crippen LogP contribution is 2.20. The fourth-order valence-corrected chi connectivity index (χ4v) is 2.80. The van der Waals surface area contributed by atoms with Gasteiger partial charge in [-0.2, -0.15) is 0 Å². The molecular weight excluding hydrogens is 240 g/mol. The van der Waals surface area contributed by atoms with Crippen molar-refractivity contribution in [2.45, 2.75) is 31.7 Å². The van der Waals surface area contributed by atoms with Gasteiger partial charge in [0.2, 0.25) is 0 Å². The van der Waals surface area contributed by atoms with Crippen LogP contribution in [0.2, 0.25) is 0 Å². The summed E-state index contributed by atoms with van der Waals surface area (Å²) >= 11 is 0. The van der Waals surface area contributed by atoms with Crippen LogP contribution in [0.25, 0.3) is 5.65 Å². The smallest absolute Gasteiger partial charge is 0.164 e. The highest BCUT2D eigenvalue weighted by Gasteiger charge is 2.21. The molecule has 0 N–H and O–H groups in total. The molecule has 1 atom stereocenters. The van der Waals surface area contributed by atoms with E-state index in [0.29, 0.717) is 6.04 Å². The molecule has 1 fully saturated rings. The molecule has 1 unspecified atom stereocenters. The van der Waals surface area contributed by atoms with Gasteiger partial charge in [-0.25, -0.2) is 0 Å². The molecule has 5 heteroatoms. The van der Waals surface area contributed by atoms with Crippen molar-refractivity contribution >= 4 is 5.65 Å². The minimum Gasteiger partial charge on any atom is -0.497 e. The van der Waals surface area contributed by atoms with E-state index in [1.54, 1.807) is 7.11 Å². The fraction of sp³-hybridized carbons (Fsp3) is 0.571. The summed E-state index contributed by atoms with van der Waals surface area (Å²) in [6, 6.07) is 4.45. The first-order valence-corrected chi connectivity index (χ1v) is 6.86. The molecule has 102 valence electrons. The molecule has 2 aromatic heterocycles. The third-order valence-electron chi connectivity index (χ3n) is 4.03. The van der Waals surface area contributed by atoms with Gasteiger partial charge in [0.1, 0.15) is 11.6 Å². The molecule has 3 heterocycles. The van der Waals surface area contributed by atoms with Crippen molar-refractivity contribution < 1.29 is 4.74 Å². The molecule has 0 bridgehead atoms. The number of nitrogens with zero attached hydrogens (tertiary/aromatic N) is 4. The van der Waals surface area contributed by atoms with E-state index in [1.165, 1.54) is 25.8 Å². The lowest BCUT2D eigenvalue weighted by Crippen LogP contribution is -2.38. The van der Waals surface area contributed by atoms with Crippen LogP contribution in [-0.4, -0.2) is 46.2 Å². The van der Waals surface area contributed by atoms with E-state index < -0.39 is 0 Å². The number of piperidine rings is 1. The Kier molecular flexibility index (Phi) is 3.38. The number of ether oxygens (including phenoxy) is 1. The Balaban J connectivity index is 1.84. The van der Waals surface area contributed by atoms with E-state index in [9.17, 15) is 0 Å². The summed E-state index contributed by atoms with van der Waals surface area (Å²) in [6.07, 6.45) is 6.84. The summed E-state index contributed by atoms with van der Waals surface area (Å²) in [6.45, 7) is 1.19.